The largest absolute Gasteiger partial charge is 0.460 e. The van der Waals surface area contributed by atoms with Crippen molar-refractivity contribution in [2.45, 2.75) is 98.8 Å². The number of carbonyl (C=O) groups excluding carboxylic acids is 3. The Morgan fingerprint density at radius 2 is 1.59 bits per heavy atom. The first kappa shape index (κ1) is 34.5. The quantitative estimate of drug-likeness (QED) is 0.216. The third-order valence-corrected chi connectivity index (χ3v) is 7.56. The van der Waals surface area contributed by atoms with E-state index in [1.165, 1.54) is 22.3 Å². The maximum atomic E-state index is 13.8. The lowest BCUT2D eigenvalue weighted by Crippen LogP contribution is -2.55. The number of hydrogen-bond acceptors (Lipinski definition) is 5. The van der Waals surface area contributed by atoms with Crippen molar-refractivity contribution < 1.29 is 19.1 Å². The van der Waals surface area contributed by atoms with E-state index in [0.717, 1.165) is 12.0 Å². The lowest BCUT2D eigenvalue weighted by molar-refractivity contribution is -0.157. The Morgan fingerprint density at radius 3 is 2.18 bits per heavy atom. The summed E-state index contributed by atoms with van der Waals surface area (Å²) in [5.74, 6) is -1.67. The van der Waals surface area contributed by atoms with Gasteiger partial charge in [-0.2, -0.15) is 0 Å². The molecule has 2 N–H and O–H groups in total. The molecule has 3 aromatic rings. The minimum Gasteiger partial charge on any atom is -0.460 e. The first-order valence-electron chi connectivity index (χ1n) is 15.5. The van der Waals surface area contributed by atoms with Crippen molar-refractivity contribution in [1.29, 1.82) is 0 Å². The number of pyridine rings is 1. The molecule has 0 fully saturated rings. The van der Waals surface area contributed by atoms with E-state index in [0.29, 0.717) is 12.8 Å². The normalized spacial score (nSPS) is 13.8. The molecule has 0 saturated carbocycles. The number of nitrogens with one attached hydrogen (secondary N) is 2. The Morgan fingerprint density at radius 1 is 0.886 bits per heavy atom. The maximum absolute atomic E-state index is 13.8. The van der Waals surface area contributed by atoms with Gasteiger partial charge in [-0.05, 0) is 93.2 Å². The van der Waals surface area contributed by atoms with Gasteiger partial charge in [0.05, 0.1) is 12.5 Å². The van der Waals surface area contributed by atoms with Crippen molar-refractivity contribution in [2.75, 3.05) is 0 Å². The third kappa shape index (κ3) is 10.6. The summed E-state index contributed by atoms with van der Waals surface area (Å²) in [6, 6.07) is 19.4. The Labute approximate surface area is 263 Å². The van der Waals surface area contributed by atoms with Gasteiger partial charge in [0.2, 0.25) is 11.8 Å². The van der Waals surface area contributed by atoms with Crippen LogP contribution < -0.4 is 10.6 Å². The van der Waals surface area contributed by atoms with Crippen LogP contribution in [-0.2, 0) is 25.5 Å². The highest BCUT2D eigenvalue weighted by atomic mass is 16.6. The van der Waals surface area contributed by atoms with E-state index in [2.05, 4.69) is 52.9 Å². The second kappa shape index (κ2) is 15.1. The van der Waals surface area contributed by atoms with E-state index >= 15 is 0 Å². The summed E-state index contributed by atoms with van der Waals surface area (Å²) in [6.07, 6.45) is 5.29. The summed E-state index contributed by atoms with van der Waals surface area (Å²) in [7, 11) is 0. The minimum absolute atomic E-state index is 0.0559. The molecule has 0 spiro atoms. The number of aromatic nitrogens is 1. The average molecular weight is 600 g/mol. The second-order valence-electron chi connectivity index (χ2n) is 13.7. The van der Waals surface area contributed by atoms with E-state index < -0.39 is 28.9 Å². The van der Waals surface area contributed by atoms with E-state index in [9.17, 15) is 14.4 Å². The van der Waals surface area contributed by atoms with E-state index in [4.69, 9.17) is 4.74 Å². The molecule has 7 heteroatoms. The van der Waals surface area contributed by atoms with Crippen LogP contribution in [0, 0.1) is 18.3 Å². The van der Waals surface area contributed by atoms with Gasteiger partial charge < -0.3 is 15.4 Å². The van der Waals surface area contributed by atoms with Crippen molar-refractivity contribution in [3.63, 3.8) is 0 Å². The van der Waals surface area contributed by atoms with E-state index in [1.807, 2.05) is 78.8 Å². The number of rotatable bonds is 12. The number of carbonyl (C=O) groups is 3. The highest BCUT2D eigenvalue weighted by Gasteiger charge is 2.36. The van der Waals surface area contributed by atoms with Crippen LogP contribution in [0.2, 0.25) is 0 Å². The van der Waals surface area contributed by atoms with Crippen LogP contribution >= 0.6 is 0 Å². The van der Waals surface area contributed by atoms with E-state index in [-0.39, 0.29) is 24.3 Å². The van der Waals surface area contributed by atoms with Gasteiger partial charge in [0.1, 0.15) is 11.6 Å². The molecule has 1 heterocycles. The zero-order valence-corrected chi connectivity index (χ0v) is 27.6. The molecule has 0 aliphatic carbocycles. The number of aryl methyl sites for hydroxylation is 2. The number of esters is 1. The van der Waals surface area contributed by atoms with Crippen LogP contribution in [0.3, 0.4) is 0 Å². The topological polar surface area (TPSA) is 97.4 Å². The highest BCUT2D eigenvalue weighted by molar-refractivity contribution is 5.90. The van der Waals surface area contributed by atoms with Crippen LogP contribution in [0.25, 0.3) is 11.1 Å². The summed E-state index contributed by atoms with van der Waals surface area (Å²) in [4.78, 5) is 44.2. The van der Waals surface area contributed by atoms with E-state index in [1.54, 1.807) is 12.4 Å². The zero-order chi connectivity index (χ0) is 32.5. The predicted molar refractivity (Wildman–Crippen MR) is 176 cm³/mol. The number of nitrogens with zero attached hydrogens (tertiary/aromatic N) is 1. The molecule has 0 radical (unpaired) electrons. The van der Waals surface area contributed by atoms with Gasteiger partial charge in [-0.1, -0.05) is 75.4 Å². The lowest BCUT2D eigenvalue weighted by Gasteiger charge is -2.32. The molecular weight excluding hydrogens is 550 g/mol. The molecular formula is C37H49N3O4. The first-order chi connectivity index (χ1) is 20.6. The summed E-state index contributed by atoms with van der Waals surface area (Å²) in [5, 5.41) is 6.01. The lowest BCUT2D eigenvalue weighted by atomic mass is 9.85. The van der Waals surface area contributed by atoms with Gasteiger partial charge in [0.15, 0.2) is 0 Å². The molecule has 7 nitrogen and oxygen atoms in total. The summed E-state index contributed by atoms with van der Waals surface area (Å²) in [5.41, 5.74) is 4.38. The van der Waals surface area contributed by atoms with Crippen LogP contribution in [-0.4, -0.2) is 34.4 Å². The zero-order valence-electron chi connectivity index (χ0n) is 27.6. The Bertz CT molecular complexity index is 1390. The Balaban J connectivity index is 1.72. The molecule has 2 amide bonds. The fourth-order valence-corrected chi connectivity index (χ4v) is 5.23. The molecule has 0 saturated heterocycles. The Hall–Kier alpha value is -4.00. The molecule has 0 aliphatic rings. The number of amides is 2. The number of benzene rings is 2. The monoisotopic (exact) mass is 599 g/mol. The summed E-state index contributed by atoms with van der Waals surface area (Å²) in [6.45, 7) is 15.2. The molecule has 236 valence electrons. The first-order valence-corrected chi connectivity index (χ1v) is 15.5. The van der Waals surface area contributed by atoms with Gasteiger partial charge in [-0.15, -0.1) is 0 Å². The van der Waals surface area contributed by atoms with Gasteiger partial charge in [0.25, 0.3) is 0 Å². The standard InChI is InChI=1S/C37H49N3O4/c1-25-22-27(19-20-31(25)28-15-10-9-11-16-28)14-12-17-29(23-32(41)44-37(6,7)8)34(42)40-33(36(3,4)5)35(43)39-26(2)30-18-13-21-38-24-30/h9-11,13,15-16,18-22,24,26,29,33H,12,14,17,23H2,1-8H3,(H,39,43)(H,40,42)/t26-,29-,33-/m1/s1. The fourth-order valence-electron chi connectivity index (χ4n) is 5.23. The summed E-state index contributed by atoms with van der Waals surface area (Å²) >= 11 is 0. The van der Waals surface area contributed by atoms with Gasteiger partial charge in [-0.25, -0.2) is 0 Å². The molecule has 0 unspecified atom stereocenters. The van der Waals surface area contributed by atoms with Crippen LogP contribution in [0.15, 0.2) is 73.1 Å². The molecule has 3 rings (SSSR count). The third-order valence-electron chi connectivity index (χ3n) is 7.56. The van der Waals surface area contributed by atoms with Crippen molar-refractivity contribution in [3.8, 4) is 11.1 Å². The summed E-state index contributed by atoms with van der Waals surface area (Å²) < 4.78 is 5.57. The van der Waals surface area contributed by atoms with Gasteiger partial charge in [0, 0.05) is 18.3 Å². The van der Waals surface area contributed by atoms with Crippen molar-refractivity contribution in [1.82, 2.24) is 15.6 Å². The fraction of sp³-hybridized carbons (Fsp3) is 0.459. The van der Waals surface area contributed by atoms with Crippen LogP contribution in [0.5, 0.6) is 0 Å². The molecule has 1 aromatic heterocycles. The Kier molecular flexibility index (Phi) is 11.9. The highest BCUT2D eigenvalue weighted by Crippen LogP contribution is 2.26. The van der Waals surface area contributed by atoms with Crippen LogP contribution in [0.1, 0.15) is 90.5 Å². The molecule has 2 aromatic carbocycles. The predicted octanol–water partition coefficient (Wildman–Crippen LogP) is 7.14. The van der Waals surface area contributed by atoms with Gasteiger partial charge in [-0.3, -0.25) is 19.4 Å². The SMILES string of the molecule is Cc1cc(CCC[C@H](CC(=O)OC(C)(C)C)C(=O)N[C@H](C(=O)N[C@H](C)c2cccnc2)C(C)(C)C)ccc1-c1ccccc1. The minimum atomic E-state index is -0.802. The van der Waals surface area contributed by atoms with Crippen LogP contribution in [0.4, 0.5) is 0 Å². The molecule has 0 bridgehead atoms. The molecule has 3 atom stereocenters. The second-order valence-corrected chi connectivity index (χ2v) is 13.7. The van der Waals surface area contributed by atoms with Gasteiger partial charge >= 0.3 is 5.97 Å². The van der Waals surface area contributed by atoms with Crippen molar-refractivity contribution in [2.24, 2.45) is 11.3 Å². The number of ether oxygens (including phenoxy) is 1. The maximum Gasteiger partial charge on any atom is 0.307 e. The average Bonchev–Trinajstić information content (AvgIpc) is 2.94. The smallest absolute Gasteiger partial charge is 0.307 e. The van der Waals surface area contributed by atoms with Crippen molar-refractivity contribution >= 4 is 17.8 Å². The van der Waals surface area contributed by atoms with Crippen molar-refractivity contribution in [3.05, 3.63) is 89.7 Å². The molecule has 44 heavy (non-hydrogen) atoms. The molecule has 0 aliphatic heterocycles. The number of hydrogen-bond donors (Lipinski definition) is 2.